The molecule has 1 aliphatic rings. The van der Waals surface area contributed by atoms with Crippen LogP contribution in [0.5, 0.6) is 0 Å². The first kappa shape index (κ1) is 20.6. The van der Waals surface area contributed by atoms with Gasteiger partial charge < -0.3 is 19.4 Å². The minimum absolute atomic E-state index is 0.206. The van der Waals surface area contributed by atoms with Crippen LogP contribution < -0.4 is 0 Å². The Morgan fingerprint density at radius 3 is 2.68 bits per heavy atom. The lowest BCUT2D eigenvalue weighted by atomic mass is 10.0. The SMILES string of the molecule is CCOC(=O)c1ccc(C(=O)N2CCc3[nH]c4ccc(C(=O)OC)cc4c3C2)nc1C. The Morgan fingerprint density at radius 1 is 1.16 bits per heavy atom. The Morgan fingerprint density at radius 2 is 1.97 bits per heavy atom. The van der Waals surface area contributed by atoms with Crippen molar-refractivity contribution in [2.75, 3.05) is 20.3 Å². The van der Waals surface area contributed by atoms with E-state index >= 15 is 0 Å². The number of aromatic nitrogens is 2. The summed E-state index contributed by atoms with van der Waals surface area (Å²) in [5.41, 5.74) is 4.52. The number of fused-ring (bicyclic) bond motifs is 3. The second-order valence-corrected chi connectivity index (χ2v) is 7.36. The Hall–Kier alpha value is -3.68. The summed E-state index contributed by atoms with van der Waals surface area (Å²) in [4.78, 5) is 46.5. The highest BCUT2D eigenvalue weighted by molar-refractivity contribution is 5.97. The molecular weight excluding hydrogens is 398 g/mol. The number of aryl methyl sites for hydroxylation is 1. The van der Waals surface area contributed by atoms with Crippen LogP contribution in [-0.4, -0.2) is 53.0 Å². The normalized spacial score (nSPS) is 13.1. The minimum Gasteiger partial charge on any atom is -0.465 e. The van der Waals surface area contributed by atoms with E-state index in [2.05, 4.69) is 9.97 Å². The highest BCUT2D eigenvalue weighted by Crippen LogP contribution is 2.29. The predicted molar refractivity (Wildman–Crippen MR) is 113 cm³/mol. The van der Waals surface area contributed by atoms with E-state index in [4.69, 9.17) is 9.47 Å². The molecule has 0 aliphatic carbocycles. The number of methoxy groups -OCH3 is 1. The Kier molecular flexibility index (Phi) is 5.46. The summed E-state index contributed by atoms with van der Waals surface area (Å²) >= 11 is 0. The number of ether oxygens (including phenoxy) is 2. The fraction of sp³-hybridized carbons (Fsp3) is 0.304. The summed E-state index contributed by atoms with van der Waals surface area (Å²) in [6, 6.07) is 8.50. The summed E-state index contributed by atoms with van der Waals surface area (Å²) in [7, 11) is 1.35. The van der Waals surface area contributed by atoms with Crippen molar-refractivity contribution in [2.24, 2.45) is 0 Å². The molecule has 3 heterocycles. The van der Waals surface area contributed by atoms with Crippen LogP contribution in [0.1, 0.15) is 55.1 Å². The number of esters is 2. The van der Waals surface area contributed by atoms with Gasteiger partial charge in [0.05, 0.1) is 30.5 Å². The quantitative estimate of drug-likeness (QED) is 0.650. The molecule has 160 valence electrons. The van der Waals surface area contributed by atoms with Gasteiger partial charge in [-0.05, 0) is 44.2 Å². The molecule has 31 heavy (non-hydrogen) atoms. The van der Waals surface area contributed by atoms with Crippen LogP contribution in [0.15, 0.2) is 30.3 Å². The summed E-state index contributed by atoms with van der Waals surface area (Å²) in [6.07, 6.45) is 0.670. The lowest BCUT2D eigenvalue weighted by Gasteiger charge is -2.27. The number of nitrogens with one attached hydrogen (secondary N) is 1. The van der Waals surface area contributed by atoms with Crippen LogP contribution in [0.25, 0.3) is 10.9 Å². The number of carbonyl (C=O) groups is 3. The monoisotopic (exact) mass is 421 g/mol. The Balaban J connectivity index is 1.61. The molecule has 1 N–H and O–H groups in total. The van der Waals surface area contributed by atoms with Crippen molar-refractivity contribution in [2.45, 2.75) is 26.8 Å². The van der Waals surface area contributed by atoms with Crippen LogP contribution in [-0.2, 0) is 22.4 Å². The van der Waals surface area contributed by atoms with Crippen molar-refractivity contribution < 1.29 is 23.9 Å². The average Bonchev–Trinajstić information content (AvgIpc) is 3.15. The van der Waals surface area contributed by atoms with E-state index in [1.807, 2.05) is 6.07 Å². The van der Waals surface area contributed by atoms with Crippen molar-refractivity contribution in [3.63, 3.8) is 0 Å². The smallest absolute Gasteiger partial charge is 0.339 e. The molecule has 0 atom stereocenters. The van der Waals surface area contributed by atoms with Gasteiger partial charge in [-0.25, -0.2) is 14.6 Å². The van der Waals surface area contributed by atoms with Crippen molar-refractivity contribution in [3.8, 4) is 0 Å². The van der Waals surface area contributed by atoms with E-state index in [1.54, 1.807) is 43.0 Å². The second-order valence-electron chi connectivity index (χ2n) is 7.36. The fourth-order valence-corrected chi connectivity index (χ4v) is 3.90. The van der Waals surface area contributed by atoms with Crippen molar-refractivity contribution in [1.82, 2.24) is 14.9 Å². The van der Waals surface area contributed by atoms with Crippen molar-refractivity contribution in [3.05, 3.63) is 64.1 Å². The van der Waals surface area contributed by atoms with Gasteiger partial charge in [0.2, 0.25) is 0 Å². The van der Waals surface area contributed by atoms with Gasteiger partial charge in [-0.1, -0.05) is 0 Å². The van der Waals surface area contributed by atoms with Crippen LogP contribution in [0, 0.1) is 6.92 Å². The number of hydrogen-bond donors (Lipinski definition) is 1. The molecule has 0 saturated carbocycles. The van der Waals surface area contributed by atoms with E-state index in [0.29, 0.717) is 36.3 Å². The van der Waals surface area contributed by atoms with E-state index in [1.165, 1.54) is 7.11 Å². The van der Waals surface area contributed by atoms with Gasteiger partial charge in [-0.15, -0.1) is 0 Å². The zero-order valence-electron chi connectivity index (χ0n) is 17.7. The summed E-state index contributed by atoms with van der Waals surface area (Å²) < 4.78 is 9.84. The minimum atomic E-state index is -0.450. The number of pyridine rings is 1. The van der Waals surface area contributed by atoms with Gasteiger partial charge in [0.1, 0.15) is 5.69 Å². The maximum absolute atomic E-state index is 13.1. The highest BCUT2D eigenvalue weighted by atomic mass is 16.5. The number of benzene rings is 1. The molecular formula is C23H23N3O5. The van der Waals surface area contributed by atoms with Gasteiger partial charge in [-0.3, -0.25) is 4.79 Å². The molecule has 8 heteroatoms. The zero-order valence-corrected chi connectivity index (χ0v) is 17.7. The van der Waals surface area contributed by atoms with Gasteiger partial charge >= 0.3 is 11.9 Å². The molecule has 1 aliphatic heterocycles. The van der Waals surface area contributed by atoms with Crippen molar-refractivity contribution in [1.29, 1.82) is 0 Å². The van der Waals surface area contributed by atoms with E-state index < -0.39 is 11.9 Å². The highest BCUT2D eigenvalue weighted by Gasteiger charge is 2.26. The number of carbonyl (C=O) groups excluding carboxylic acids is 3. The number of nitrogens with zero attached hydrogens (tertiary/aromatic N) is 2. The third-order valence-electron chi connectivity index (χ3n) is 5.48. The molecule has 0 unspecified atom stereocenters. The lowest BCUT2D eigenvalue weighted by molar-refractivity contribution is 0.0523. The molecule has 4 rings (SSSR count). The lowest BCUT2D eigenvalue weighted by Crippen LogP contribution is -2.36. The van der Waals surface area contributed by atoms with E-state index in [9.17, 15) is 14.4 Å². The average molecular weight is 421 g/mol. The third-order valence-corrected chi connectivity index (χ3v) is 5.48. The number of amides is 1. The standard InChI is InChI=1S/C23H23N3O5/c1-4-31-23(29)15-6-8-20(24-13(15)2)21(27)26-10-9-19-17(12-26)16-11-14(22(28)30-3)5-7-18(16)25-19/h5-8,11,25H,4,9-10,12H2,1-3H3. The van der Waals surface area contributed by atoms with Crippen LogP contribution >= 0.6 is 0 Å². The van der Waals surface area contributed by atoms with Gasteiger partial charge in [0.25, 0.3) is 5.91 Å². The number of hydrogen-bond acceptors (Lipinski definition) is 6. The maximum Gasteiger partial charge on any atom is 0.339 e. The number of rotatable bonds is 4. The van der Waals surface area contributed by atoms with Gasteiger partial charge in [-0.2, -0.15) is 0 Å². The molecule has 0 saturated heterocycles. The topological polar surface area (TPSA) is 102 Å². The number of aromatic amines is 1. The van der Waals surface area contributed by atoms with Crippen LogP contribution in [0.4, 0.5) is 0 Å². The summed E-state index contributed by atoms with van der Waals surface area (Å²) in [5.74, 6) is -1.06. The maximum atomic E-state index is 13.1. The molecule has 1 aromatic carbocycles. The predicted octanol–water partition coefficient (Wildman–Crippen LogP) is 3.03. The Bertz CT molecular complexity index is 1200. The molecule has 0 spiro atoms. The third kappa shape index (κ3) is 3.76. The molecule has 0 radical (unpaired) electrons. The molecule has 2 aromatic heterocycles. The van der Waals surface area contributed by atoms with Crippen LogP contribution in [0.2, 0.25) is 0 Å². The largest absolute Gasteiger partial charge is 0.465 e. The summed E-state index contributed by atoms with van der Waals surface area (Å²) in [5, 5.41) is 0.900. The van der Waals surface area contributed by atoms with Gasteiger partial charge in [0, 0.05) is 41.7 Å². The molecule has 0 bridgehead atoms. The first-order valence-corrected chi connectivity index (χ1v) is 10.1. The zero-order chi connectivity index (χ0) is 22.1. The van der Waals surface area contributed by atoms with E-state index in [0.717, 1.165) is 22.2 Å². The molecule has 3 aromatic rings. The molecule has 8 nitrogen and oxygen atoms in total. The molecule has 0 fully saturated rings. The fourth-order valence-electron chi connectivity index (χ4n) is 3.90. The first-order valence-electron chi connectivity index (χ1n) is 10.1. The Labute approximate surface area is 179 Å². The second kappa shape index (κ2) is 8.22. The van der Waals surface area contributed by atoms with Crippen LogP contribution in [0.3, 0.4) is 0 Å². The van der Waals surface area contributed by atoms with Gasteiger partial charge in [0.15, 0.2) is 0 Å². The molecule has 1 amide bonds. The first-order chi connectivity index (χ1) is 14.9. The van der Waals surface area contributed by atoms with E-state index in [-0.39, 0.29) is 18.2 Å². The summed E-state index contributed by atoms with van der Waals surface area (Å²) in [6.45, 7) is 4.65. The number of H-pyrrole nitrogens is 1. The van der Waals surface area contributed by atoms with Crippen molar-refractivity contribution >= 4 is 28.7 Å².